The Morgan fingerprint density at radius 2 is 1.88 bits per heavy atom. The van der Waals surface area contributed by atoms with Crippen molar-refractivity contribution in [3.8, 4) is 0 Å². The number of fused-ring (bicyclic) bond motifs is 1. The second-order valence-electron chi connectivity index (χ2n) is 5.03. The van der Waals surface area contributed by atoms with Crippen LogP contribution in [0.3, 0.4) is 0 Å². The van der Waals surface area contributed by atoms with Crippen molar-refractivity contribution in [2.24, 2.45) is 5.10 Å². The molecule has 0 aliphatic carbocycles. The molecule has 3 rings (SSSR count). The Balaban J connectivity index is 1.82. The van der Waals surface area contributed by atoms with Crippen LogP contribution in [0.4, 0.5) is 5.69 Å². The molecule has 0 radical (unpaired) electrons. The van der Waals surface area contributed by atoms with Crippen LogP contribution in [0.25, 0.3) is 11.1 Å². The summed E-state index contributed by atoms with van der Waals surface area (Å²) >= 11 is 0. The van der Waals surface area contributed by atoms with Crippen molar-refractivity contribution in [1.29, 1.82) is 0 Å². The van der Waals surface area contributed by atoms with Gasteiger partial charge in [-0.3, -0.25) is 10.1 Å². The highest BCUT2D eigenvalue weighted by atomic mass is 32.2. The summed E-state index contributed by atoms with van der Waals surface area (Å²) in [4.78, 5) is 16.1. The molecule has 1 heterocycles. The highest BCUT2D eigenvalue weighted by Crippen LogP contribution is 2.17. The van der Waals surface area contributed by atoms with Crippen LogP contribution >= 0.6 is 0 Å². The Kier molecular flexibility index (Phi) is 4.19. The van der Waals surface area contributed by atoms with Crippen LogP contribution in [0.1, 0.15) is 12.8 Å². The van der Waals surface area contributed by atoms with Gasteiger partial charge >= 0.3 is 0 Å². The van der Waals surface area contributed by atoms with Crippen LogP contribution < -0.4 is 4.83 Å². The zero-order valence-electron chi connectivity index (χ0n) is 12.9. The number of nitro groups is 1. The Morgan fingerprint density at radius 3 is 2.52 bits per heavy atom. The maximum atomic E-state index is 12.2. The molecule has 0 unspecified atom stereocenters. The van der Waals surface area contributed by atoms with Gasteiger partial charge in [-0.2, -0.15) is 18.4 Å². The Morgan fingerprint density at radius 1 is 1.20 bits per heavy atom. The number of hydrogen-bond donors (Lipinski definition) is 1. The first-order valence-corrected chi connectivity index (χ1v) is 8.51. The molecule has 0 saturated carbocycles. The molecule has 0 spiro atoms. The lowest BCUT2D eigenvalue weighted by atomic mass is 10.3. The normalized spacial score (nSPS) is 12.3. The van der Waals surface area contributed by atoms with Gasteiger partial charge in [-0.1, -0.05) is 12.1 Å². The van der Waals surface area contributed by atoms with Gasteiger partial charge < -0.3 is 4.42 Å². The van der Waals surface area contributed by atoms with Crippen LogP contribution in [0.15, 0.2) is 62.9 Å². The van der Waals surface area contributed by atoms with Crippen molar-refractivity contribution in [2.75, 3.05) is 0 Å². The van der Waals surface area contributed by atoms with Crippen molar-refractivity contribution < 1.29 is 17.8 Å². The molecule has 0 aliphatic heterocycles. The summed E-state index contributed by atoms with van der Waals surface area (Å²) in [5.41, 5.74) is 1.22. The SMILES string of the molecule is C/C(=N\NS(=O)(=O)c1ccc([N+](=O)[O-])cc1)c1nc2ccccc2o1. The number of rotatable bonds is 5. The summed E-state index contributed by atoms with van der Waals surface area (Å²) < 4.78 is 29.9. The number of nitro benzene ring substituents is 1. The van der Waals surface area contributed by atoms with Gasteiger partial charge in [0, 0.05) is 12.1 Å². The minimum Gasteiger partial charge on any atom is -0.435 e. The van der Waals surface area contributed by atoms with Gasteiger partial charge in [0.15, 0.2) is 5.58 Å². The van der Waals surface area contributed by atoms with E-state index in [-0.39, 0.29) is 22.2 Å². The topological polar surface area (TPSA) is 128 Å². The third-order valence-electron chi connectivity index (χ3n) is 3.29. The van der Waals surface area contributed by atoms with E-state index in [4.69, 9.17) is 4.42 Å². The molecular formula is C15H12N4O5S. The smallest absolute Gasteiger partial charge is 0.276 e. The fraction of sp³-hybridized carbons (Fsp3) is 0.0667. The Labute approximate surface area is 142 Å². The van der Waals surface area contributed by atoms with Gasteiger partial charge in [-0.25, -0.2) is 4.98 Å². The first kappa shape index (κ1) is 16.6. The maximum absolute atomic E-state index is 12.2. The molecule has 1 aromatic heterocycles. The van der Waals surface area contributed by atoms with E-state index >= 15 is 0 Å². The minimum absolute atomic E-state index is 0.146. The van der Waals surface area contributed by atoms with Crippen LogP contribution in [0, 0.1) is 10.1 Å². The summed E-state index contributed by atoms with van der Waals surface area (Å²) in [5, 5.41) is 14.4. The molecule has 0 saturated heterocycles. The van der Waals surface area contributed by atoms with E-state index in [1.165, 1.54) is 0 Å². The van der Waals surface area contributed by atoms with E-state index in [0.29, 0.717) is 11.1 Å². The number of non-ortho nitro benzene ring substituents is 1. The van der Waals surface area contributed by atoms with Crippen LogP contribution in [0.5, 0.6) is 0 Å². The zero-order chi connectivity index (χ0) is 18.0. The summed E-state index contributed by atoms with van der Waals surface area (Å²) in [5.74, 6) is 0.188. The van der Waals surface area contributed by atoms with Crippen molar-refractivity contribution in [3.05, 3.63) is 64.5 Å². The third-order valence-corrected chi connectivity index (χ3v) is 4.52. The standard InChI is InChI=1S/C15H12N4O5S/c1-10(15-16-13-4-2-3-5-14(13)24-15)17-18-25(22,23)12-8-6-11(7-9-12)19(20)21/h2-9,18H,1H3/b17-10+. The number of hydrazone groups is 1. The lowest BCUT2D eigenvalue weighted by Gasteiger charge is -2.03. The van der Waals surface area contributed by atoms with E-state index in [9.17, 15) is 18.5 Å². The van der Waals surface area contributed by atoms with Gasteiger partial charge in [0.05, 0.1) is 9.82 Å². The molecule has 128 valence electrons. The Bertz CT molecular complexity index is 1040. The summed E-state index contributed by atoms with van der Waals surface area (Å²) in [6, 6.07) is 11.6. The van der Waals surface area contributed by atoms with Crippen molar-refractivity contribution in [3.63, 3.8) is 0 Å². The maximum Gasteiger partial charge on any atom is 0.276 e. The molecular weight excluding hydrogens is 348 g/mol. The van der Waals surface area contributed by atoms with E-state index in [2.05, 4.69) is 14.9 Å². The number of benzene rings is 2. The molecule has 0 amide bonds. The monoisotopic (exact) mass is 360 g/mol. The van der Waals surface area contributed by atoms with Crippen molar-refractivity contribution in [2.45, 2.75) is 11.8 Å². The third kappa shape index (κ3) is 3.48. The first-order valence-electron chi connectivity index (χ1n) is 7.03. The average molecular weight is 360 g/mol. The number of para-hydroxylation sites is 2. The molecule has 0 fully saturated rings. The largest absolute Gasteiger partial charge is 0.435 e. The van der Waals surface area contributed by atoms with Gasteiger partial charge in [0.25, 0.3) is 15.7 Å². The molecule has 25 heavy (non-hydrogen) atoms. The van der Waals surface area contributed by atoms with Gasteiger partial charge in [0.1, 0.15) is 11.2 Å². The van der Waals surface area contributed by atoms with E-state index in [1.807, 2.05) is 0 Å². The van der Waals surface area contributed by atoms with Crippen LogP contribution in [-0.4, -0.2) is 24.0 Å². The molecule has 0 bridgehead atoms. The van der Waals surface area contributed by atoms with Gasteiger partial charge in [-0.15, -0.1) is 0 Å². The molecule has 3 aromatic rings. The van der Waals surface area contributed by atoms with Crippen molar-refractivity contribution in [1.82, 2.24) is 9.82 Å². The number of oxazole rings is 1. The predicted molar refractivity (Wildman–Crippen MR) is 89.6 cm³/mol. The quantitative estimate of drug-likeness (QED) is 0.423. The Hall–Kier alpha value is -3.27. The summed E-state index contributed by atoms with van der Waals surface area (Å²) in [6.07, 6.45) is 0. The van der Waals surface area contributed by atoms with Gasteiger partial charge in [0.2, 0.25) is 5.89 Å². The molecule has 0 atom stereocenters. The summed E-state index contributed by atoms with van der Waals surface area (Å²) in [6.45, 7) is 1.54. The van der Waals surface area contributed by atoms with Crippen LogP contribution in [0.2, 0.25) is 0 Å². The molecule has 10 heteroatoms. The molecule has 9 nitrogen and oxygen atoms in total. The number of hydrogen-bond acceptors (Lipinski definition) is 7. The van der Waals surface area contributed by atoms with E-state index in [1.54, 1.807) is 31.2 Å². The fourth-order valence-electron chi connectivity index (χ4n) is 2.00. The summed E-state index contributed by atoms with van der Waals surface area (Å²) in [7, 11) is -3.97. The fourth-order valence-corrected chi connectivity index (χ4v) is 2.86. The average Bonchev–Trinajstić information content (AvgIpc) is 3.04. The molecule has 0 aliphatic rings. The number of nitrogens with zero attached hydrogens (tertiary/aromatic N) is 3. The lowest BCUT2D eigenvalue weighted by Crippen LogP contribution is -2.20. The highest BCUT2D eigenvalue weighted by molar-refractivity contribution is 7.89. The van der Waals surface area contributed by atoms with Crippen LogP contribution in [-0.2, 0) is 10.0 Å². The minimum atomic E-state index is -3.97. The second kappa shape index (κ2) is 6.32. The zero-order valence-corrected chi connectivity index (χ0v) is 13.7. The second-order valence-corrected chi connectivity index (χ2v) is 6.69. The van der Waals surface area contributed by atoms with Gasteiger partial charge in [-0.05, 0) is 31.2 Å². The lowest BCUT2D eigenvalue weighted by molar-refractivity contribution is -0.384. The van der Waals surface area contributed by atoms with E-state index in [0.717, 1.165) is 24.3 Å². The van der Waals surface area contributed by atoms with E-state index < -0.39 is 14.9 Å². The predicted octanol–water partition coefficient (Wildman–Crippen LogP) is 2.44. The van der Waals surface area contributed by atoms with Crippen molar-refractivity contribution >= 4 is 32.5 Å². The molecule has 1 N–H and O–H groups in total. The molecule has 2 aromatic carbocycles. The highest BCUT2D eigenvalue weighted by Gasteiger charge is 2.16. The first-order chi connectivity index (χ1) is 11.9. The number of aromatic nitrogens is 1. The number of sulfonamides is 1. The number of nitrogens with one attached hydrogen (secondary N) is 1.